The van der Waals surface area contributed by atoms with Crippen molar-refractivity contribution in [1.29, 1.82) is 0 Å². The lowest BCUT2D eigenvalue weighted by Gasteiger charge is -2.11. The summed E-state index contributed by atoms with van der Waals surface area (Å²) in [6.07, 6.45) is 0. The Balaban J connectivity index is 2.26. The maximum absolute atomic E-state index is 14.0. The molecule has 0 heterocycles. The monoisotopic (exact) mass is 343 g/mol. The molecule has 24 heavy (non-hydrogen) atoms. The van der Waals surface area contributed by atoms with Crippen molar-refractivity contribution in [2.75, 3.05) is 0 Å². The first kappa shape index (κ1) is 16.3. The topological polar surface area (TPSA) is 77.2 Å². The molecule has 0 saturated carbocycles. The van der Waals surface area contributed by atoms with Gasteiger partial charge >= 0.3 is 0 Å². The average Bonchev–Trinajstić information content (AvgIpc) is 2.53. The summed E-state index contributed by atoms with van der Waals surface area (Å²) >= 11 is 0. The summed E-state index contributed by atoms with van der Waals surface area (Å²) in [5, 5.41) is 6.24. The third-order valence-electron chi connectivity index (χ3n) is 3.87. The fourth-order valence-corrected chi connectivity index (χ4v) is 3.22. The first-order chi connectivity index (χ1) is 11.3. The molecular weight excluding hydrogens is 329 g/mol. The van der Waals surface area contributed by atoms with E-state index in [1.807, 2.05) is 0 Å². The fourth-order valence-electron chi connectivity index (χ4n) is 2.68. The van der Waals surface area contributed by atoms with Gasteiger partial charge in [-0.2, -0.15) is 0 Å². The van der Waals surface area contributed by atoms with Gasteiger partial charge in [0.1, 0.15) is 5.82 Å². The zero-order valence-electron chi connectivity index (χ0n) is 12.8. The van der Waals surface area contributed by atoms with Crippen molar-refractivity contribution in [2.24, 2.45) is 5.14 Å². The molecule has 3 rings (SSSR count). The van der Waals surface area contributed by atoms with Gasteiger partial charge in [-0.05, 0) is 47.5 Å². The molecule has 0 aromatic heterocycles. The molecule has 6 heteroatoms. The molecule has 0 spiro atoms. The molecule has 3 aromatic carbocycles. The molecule has 0 bridgehead atoms. The molecule has 4 nitrogen and oxygen atoms in total. The molecular formula is C18H14FNO3S. The number of carbonyl (C=O) groups excluding carboxylic acids is 1. The van der Waals surface area contributed by atoms with Crippen LogP contribution in [0.5, 0.6) is 0 Å². The van der Waals surface area contributed by atoms with Gasteiger partial charge in [-0.3, -0.25) is 4.79 Å². The number of halogens is 1. The van der Waals surface area contributed by atoms with Gasteiger partial charge in [-0.1, -0.05) is 30.3 Å². The molecule has 0 aliphatic carbocycles. The smallest absolute Gasteiger partial charge is 0.238 e. The number of hydrogen-bond acceptors (Lipinski definition) is 3. The van der Waals surface area contributed by atoms with E-state index in [9.17, 15) is 17.6 Å². The molecule has 122 valence electrons. The van der Waals surface area contributed by atoms with E-state index in [0.717, 1.165) is 0 Å². The minimum absolute atomic E-state index is 0.0244. The molecule has 2 N–H and O–H groups in total. The van der Waals surface area contributed by atoms with Crippen LogP contribution >= 0.6 is 0 Å². The van der Waals surface area contributed by atoms with Crippen LogP contribution in [0.3, 0.4) is 0 Å². The number of rotatable bonds is 3. The van der Waals surface area contributed by atoms with Crippen LogP contribution in [0.4, 0.5) is 4.39 Å². The standard InChI is InChI=1S/C18H14FNO3S/c1-11-6-7-12-10-13(24(20,22)23)8-9-14(12)17(11)18(21)15-4-2-3-5-16(15)19/h2-10H,1H3,(H2,20,22,23). The van der Waals surface area contributed by atoms with Crippen molar-refractivity contribution >= 4 is 26.6 Å². The Bertz CT molecular complexity index is 1070. The lowest BCUT2D eigenvalue weighted by Crippen LogP contribution is -2.12. The normalized spacial score (nSPS) is 11.6. The zero-order valence-corrected chi connectivity index (χ0v) is 13.6. The lowest BCUT2D eigenvalue weighted by molar-refractivity contribution is 0.103. The highest BCUT2D eigenvalue weighted by Gasteiger charge is 2.19. The maximum Gasteiger partial charge on any atom is 0.238 e. The van der Waals surface area contributed by atoms with E-state index in [2.05, 4.69) is 0 Å². The fraction of sp³-hybridized carbons (Fsp3) is 0.0556. The molecule has 0 saturated heterocycles. The number of aryl methyl sites for hydroxylation is 1. The van der Waals surface area contributed by atoms with E-state index in [0.29, 0.717) is 21.9 Å². The Labute approximate surface area is 138 Å². The number of fused-ring (bicyclic) bond motifs is 1. The van der Waals surface area contributed by atoms with Crippen LogP contribution in [0.2, 0.25) is 0 Å². The summed E-state index contributed by atoms with van der Waals surface area (Å²) < 4.78 is 36.9. The van der Waals surface area contributed by atoms with E-state index in [1.165, 1.54) is 36.4 Å². The molecule has 0 unspecified atom stereocenters. The number of benzene rings is 3. The van der Waals surface area contributed by atoms with Crippen LogP contribution in [0.1, 0.15) is 21.5 Å². The maximum atomic E-state index is 14.0. The number of primary sulfonamides is 1. The van der Waals surface area contributed by atoms with Gasteiger partial charge in [0.05, 0.1) is 10.5 Å². The van der Waals surface area contributed by atoms with Crippen LogP contribution < -0.4 is 5.14 Å². The second-order valence-corrected chi connectivity index (χ2v) is 7.06. The first-order valence-electron chi connectivity index (χ1n) is 7.14. The second-order valence-electron chi connectivity index (χ2n) is 5.49. The van der Waals surface area contributed by atoms with Gasteiger partial charge < -0.3 is 0 Å². The van der Waals surface area contributed by atoms with Crippen LogP contribution in [-0.2, 0) is 10.0 Å². The van der Waals surface area contributed by atoms with Crippen LogP contribution in [0.15, 0.2) is 59.5 Å². The Morgan fingerprint density at radius 2 is 1.75 bits per heavy atom. The molecule has 0 radical (unpaired) electrons. The Morgan fingerprint density at radius 3 is 2.42 bits per heavy atom. The van der Waals surface area contributed by atoms with Gasteiger partial charge in [0.2, 0.25) is 10.0 Å². The average molecular weight is 343 g/mol. The van der Waals surface area contributed by atoms with Gasteiger partial charge in [-0.15, -0.1) is 0 Å². The van der Waals surface area contributed by atoms with Crippen molar-refractivity contribution in [3.05, 3.63) is 77.1 Å². The van der Waals surface area contributed by atoms with E-state index < -0.39 is 21.6 Å². The number of nitrogens with two attached hydrogens (primary N) is 1. The summed E-state index contributed by atoms with van der Waals surface area (Å²) in [5.74, 6) is -1.04. The lowest BCUT2D eigenvalue weighted by atomic mass is 9.93. The van der Waals surface area contributed by atoms with Gasteiger partial charge in [0.25, 0.3) is 0 Å². The number of ketones is 1. The van der Waals surface area contributed by atoms with E-state index >= 15 is 0 Å². The quantitative estimate of drug-likeness (QED) is 0.742. The molecule has 3 aromatic rings. The minimum atomic E-state index is -3.84. The summed E-state index contributed by atoms with van der Waals surface area (Å²) in [6.45, 7) is 1.75. The van der Waals surface area contributed by atoms with E-state index in [4.69, 9.17) is 5.14 Å². The number of sulfonamides is 1. The molecule has 0 aliphatic heterocycles. The summed E-state index contributed by atoms with van der Waals surface area (Å²) in [4.78, 5) is 12.8. The highest BCUT2D eigenvalue weighted by molar-refractivity contribution is 7.89. The zero-order chi connectivity index (χ0) is 17.5. The van der Waals surface area contributed by atoms with Crippen LogP contribution in [-0.4, -0.2) is 14.2 Å². The summed E-state index contributed by atoms with van der Waals surface area (Å²) in [6, 6.07) is 13.4. The van der Waals surface area contributed by atoms with Crippen LogP contribution in [0, 0.1) is 12.7 Å². The molecule has 0 atom stereocenters. The number of hydrogen-bond donors (Lipinski definition) is 1. The van der Waals surface area contributed by atoms with E-state index in [1.54, 1.807) is 25.1 Å². The van der Waals surface area contributed by atoms with Crippen molar-refractivity contribution in [2.45, 2.75) is 11.8 Å². The van der Waals surface area contributed by atoms with Crippen molar-refractivity contribution in [3.63, 3.8) is 0 Å². The van der Waals surface area contributed by atoms with Crippen LogP contribution in [0.25, 0.3) is 10.8 Å². The van der Waals surface area contributed by atoms with Crippen molar-refractivity contribution in [1.82, 2.24) is 0 Å². The second kappa shape index (κ2) is 5.81. The Morgan fingerprint density at radius 1 is 1.04 bits per heavy atom. The van der Waals surface area contributed by atoms with Crippen molar-refractivity contribution in [3.8, 4) is 0 Å². The summed E-state index contributed by atoms with van der Waals surface area (Å²) in [5.41, 5.74) is 1.00. The predicted molar refractivity (Wildman–Crippen MR) is 89.9 cm³/mol. The predicted octanol–water partition coefficient (Wildman–Crippen LogP) is 3.17. The van der Waals surface area contributed by atoms with Gasteiger partial charge in [-0.25, -0.2) is 17.9 Å². The molecule has 0 aliphatic rings. The third-order valence-corrected chi connectivity index (χ3v) is 4.78. The van der Waals surface area contributed by atoms with Gasteiger partial charge in [0, 0.05) is 5.56 Å². The Hall–Kier alpha value is -2.57. The molecule has 0 amide bonds. The highest BCUT2D eigenvalue weighted by Crippen LogP contribution is 2.27. The minimum Gasteiger partial charge on any atom is -0.288 e. The summed E-state index contributed by atoms with van der Waals surface area (Å²) in [7, 11) is -3.84. The van der Waals surface area contributed by atoms with Gasteiger partial charge in [0.15, 0.2) is 5.78 Å². The van der Waals surface area contributed by atoms with Crippen molar-refractivity contribution < 1.29 is 17.6 Å². The van der Waals surface area contributed by atoms with E-state index in [-0.39, 0.29) is 10.5 Å². The first-order valence-corrected chi connectivity index (χ1v) is 8.69. The third kappa shape index (κ3) is 2.81. The largest absolute Gasteiger partial charge is 0.288 e. The SMILES string of the molecule is Cc1ccc2cc(S(N)(=O)=O)ccc2c1C(=O)c1ccccc1F. The Kier molecular flexibility index (Phi) is 3.95. The number of carbonyl (C=O) groups is 1. The molecule has 0 fully saturated rings. The highest BCUT2D eigenvalue weighted by atomic mass is 32.2.